The maximum Gasteiger partial charge on any atom is 0.491 e. The normalized spacial score (nSPS) is 26.4. The molecule has 2 bridgehead atoms. The number of ether oxygens (including phenoxy) is 2. The van der Waals surface area contributed by atoms with Crippen molar-refractivity contribution in [1.29, 1.82) is 0 Å². The lowest BCUT2D eigenvalue weighted by atomic mass is 9.77. The zero-order valence-corrected chi connectivity index (χ0v) is 23.0. The molecule has 2 fully saturated rings. The van der Waals surface area contributed by atoms with E-state index in [-0.39, 0.29) is 16.3 Å². The third-order valence-corrected chi connectivity index (χ3v) is 8.25. The fraction of sp³-hybridized carbons (Fsp3) is 0.714. The van der Waals surface area contributed by atoms with E-state index in [1.165, 1.54) is 6.07 Å². The van der Waals surface area contributed by atoms with Crippen molar-refractivity contribution in [3.8, 4) is 5.75 Å². The van der Waals surface area contributed by atoms with Gasteiger partial charge in [0.2, 0.25) is 0 Å². The Morgan fingerprint density at radius 1 is 0.872 bits per heavy atom. The molecule has 0 radical (unpaired) electrons. The van der Waals surface area contributed by atoms with Crippen molar-refractivity contribution in [2.75, 3.05) is 0 Å². The van der Waals surface area contributed by atoms with E-state index in [1.807, 2.05) is 0 Å². The molecule has 0 aromatic heterocycles. The lowest BCUT2D eigenvalue weighted by Crippen LogP contribution is -2.55. The van der Waals surface area contributed by atoms with Gasteiger partial charge < -0.3 is 20.5 Å². The molecule has 1 atom stereocenters. The Bertz CT molecular complexity index is 957. The molecule has 1 aromatic carbocycles. The molecule has 3 rings (SSSR count). The Morgan fingerprint density at radius 3 is 1.95 bits per heavy atom. The molecule has 0 spiro atoms. The molecule has 3 N–H and O–H groups in total. The molecule has 1 unspecified atom stereocenters. The van der Waals surface area contributed by atoms with Crippen LogP contribution in [0.25, 0.3) is 0 Å². The number of halogens is 5. The number of amides is 1. The number of alkyl halides is 3. The number of nitrogens with one attached hydrogen (secondary N) is 1. The highest BCUT2D eigenvalue weighted by atomic mass is 35.5. The first-order chi connectivity index (χ1) is 18.4. The van der Waals surface area contributed by atoms with Crippen molar-refractivity contribution in [3.05, 3.63) is 29.0 Å². The van der Waals surface area contributed by atoms with E-state index in [0.29, 0.717) is 25.7 Å². The second-order valence-electron chi connectivity index (χ2n) is 11.1. The summed E-state index contributed by atoms with van der Waals surface area (Å²) in [4.78, 5) is 25.2. The van der Waals surface area contributed by atoms with Gasteiger partial charge in [-0.2, -0.15) is 13.2 Å². The fourth-order valence-corrected chi connectivity index (χ4v) is 5.77. The molecule has 6 nitrogen and oxygen atoms in total. The van der Waals surface area contributed by atoms with Gasteiger partial charge in [0.1, 0.15) is 11.6 Å². The van der Waals surface area contributed by atoms with Gasteiger partial charge in [0.25, 0.3) is 0 Å². The summed E-state index contributed by atoms with van der Waals surface area (Å²) in [5.74, 6) is -4.83. The van der Waals surface area contributed by atoms with E-state index in [2.05, 4.69) is 10.1 Å². The predicted molar refractivity (Wildman–Crippen MR) is 140 cm³/mol. The average molecular weight is 579 g/mol. The molecule has 0 aliphatic heterocycles. The molecular weight excluding hydrogens is 540 g/mol. The second-order valence-corrected chi connectivity index (χ2v) is 11.5. The van der Waals surface area contributed by atoms with Gasteiger partial charge in [0, 0.05) is 17.1 Å². The SMILES string of the molecule is NC12CCCCCCCC(NC(=O)C(OC(=O)C(F)(F)F)Oc3ccc(Cl)c(F)c3)(CCCCCCC1)CC2. The Morgan fingerprint density at radius 2 is 1.41 bits per heavy atom. The number of nitrogens with two attached hydrogens (primary N) is 1. The second kappa shape index (κ2) is 14.0. The molecule has 2 saturated carbocycles. The van der Waals surface area contributed by atoms with Gasteiger partial charge >= 0.3 is 24.3 Å². The first-order valence-electron chi connectivity index (χ1n) is 13.9. The van der Waals surface area contributed by atoms with Gasteiger partial charge in [0.05, 0.1) is 5.02 Å². The van der Waals surface area contributed by atoms with Crippen LogP contribution in [-0.4, -0.2) is 35.4 Å². The topological polar surface area (TPSA) is 90.6 Å². The largest absolute Gasteiger partial charge is 0.491 e. The Labute approximate surface area is 232 Å². The van der Waals surface area contributed by atoms with Crippen LogP contribution >= 0.6 is 11.6 Å². The van der Waals surface area contributed by atoms with E-state index in [4.69, 9.17) is 22.1 Å². The highest BCUT2D eigenvalue weighted by Gasteiger charge is 2.45. The van der Waals surface area contributed by atoms with Crippen LogP contribution < -0.4 is 15.8 Å². The predicted octanol–water partition coefficient (Wildman–Crippen LogP) is 7.11. The summed E-state index contributed by atoms with van der Waals surface area (Å²) >= 11 is 5.68. The lowest BCUT2D eigenvalue weighted by molar-refractivity contribution is -0.216. The molecule has 2 aliphatic rings. The van der Waals surface area contributed by atoms with Crippen molar-refractivity contribution in [2.24, 2.45) is 5.73 Å². The smallest absolute Gasteiger partial charge is 0.446 e. The summed E-state index contributed by atoms with van der Waals surface area (Å²) in [7, 11) is 0. The molecule has 0 saturated heterocycles. The zero-order valence-electron chi connectivity index (χ0n) is 22.2. The molecule has 1 amide bonds. The third kappa shape index (κ3) is 9.81. The number of hydrogen-bond acceptors (Lipinski definition) is 5. The highest BCUT2D eigenvalue weighted by molar-refractivity contribution is 6.30. The highest BCUT2D eigenvalue weighted by Crippen LogP contribution is 2.36. The molecule has 220 valence electrons. The van der Waals surface area contributed by atoms with Crippen LogP contribution in [0.4, 0.5) is 17.6 Å². The summed E-state index contributed by atoms with van der Waals surface area (Å²) in [6.07, 6.45) is 6.46. The van der Waals surface area contributed by atoms with Gasteiger partial charge in [-0.05, 0) is 50.7 Å². The fourth-order valence-electron chi connectivity index (χ4n) is 5.66. The van der Waals surface area contributed by atoms with Crippen molar-refractivity contribution < 1.29 is 36.6 Å². The van der Waals surface area contributed by atoms with E-state index < -0.39 is 35.7 Å². The number of rotatable bonds is 5. The van der Waals surface area contributed by atoms with Crippen LogP contribution in [-0.2, 0) is 14.3 Å². The van der Waals surface area contributed by atoms with Gasteiger partial charge in [0.15, 0.2) is 0 Å². The van der Waals surface area contributed by atoms with E-state index in [1.54, 1.807) is 0 Å². The van der Waals surface area contributed by atoms with Crippen LogP contribution in [0.2, 0.25) is 5.02 Å². The summed E-state index contributed by atoms with van der Waals surface area (Å²) in [5, 5.41) is 2.69. The van der Waals surface area contributed by atoms with Crippen molar-refractivity contribution >= 4 is 23.5 Å². The maximum atomic E-state index is 14.0. The van der Waals surface area contributed by atoms with Crippen molar-refractivity contribution in [3.63, 3.8) is 0 Å². The Kier molecular flexibility index (Phi) is 11.3. The first-order valence-corrected chi connectivity index (χ1v) is 14.3. The molecule has 2 aliphatic carbocycles. The quantitative estimate of drug-likeness (QED) is 0.221. The Balaban J connectivity index is 1.90. The minimum Gasteiger partial charge on any atom is -0.446 e. The van der Waals surface area contributed by atoms with Crippen molar-refractivity contribution in [1.82, 2.24) is 5.32 Å². The number of carbonyl (C=O) groups excluding carboxylic acids is 2. The molecular formula is C28H39ClF4N2O4. The van der Waals surface area contributed by atoms with Crippen LogP contribution in [0.1, 0.15) is 103 Å². The van der Waals surface area contributed by atoms with Crippen LogP contribution in [0.5, 0.6) is 5.75 Å². The number of fused-ring (bicyclic) bond motifs is 3. The maximum absolute atomic E-state index is 14.0. The van der Waals surface area contributed by atoms with Gasteiger partial charge in [-0.3, -0.25) is 4.79 Å². The summed E-state index contributed by atoms with van der Waals surface area (Å²) in [6, 6.07) is 3.11. The standard InChI is InChI=1S/C28H39ClF4N2O4/c29-21-12-11-20(19-22(21)30)38-24(39-25(37)28(31,32)33)23(36)35-27-15-9-5-1-3-7-13-26(34,17-18-27)14-8-4-2-6-10-16-27/h11-12,19,24H,1-10,13-18,34H2,(H,35,36). The minimum atomic E-state index is -5.35. The third-order valence-electron chi connectivity index (χ3n) is 7.94. The number of hydrogen-bond donors (Lipinski definition) is 2. The first kappa shape index (κ1) is 31.5. The number of benzene rings is 1. The van der Waals surface area contributed by atoms with Gasteiger partial charge in [-0.15, -0.1) is 0 Å². The summed E-state index contributed by atoms with van der Waals surface area (Å²) in [5.41, 5.74) is 5.75. The van der Waals surface area contributed by atoms with E-state index in [0.717, 1.165) is 89.2 Å². The zero-order chi connectivity index (χ0) is 28.5. The van der Waals surface area contributed by atoms with Crippen LogP contribution in [0.15, 0.2) is 18.2 Å². The monoisotopic (exact) mass is 578 g/mol. The molecule has 0 heterocycles. The van der Waals surface area contributed by atoms with E-state index >= 15 is 0 Å². The summed E-state index contributed by atoms with van der Waals surface area (Å²) in [6.45, 7) is 0. The number of esters is 1. The van der Waals surface area contributed by atoms with E-state index in [9.17, 15) is 27.2 Å². The minimum absolute atomic E-state index is 0.241. The summed E-state index contributed by atoms with van der Waals surface area (Å²) < 4.78 is 63.0. The molecule has 11 heteroatoms. The molecule has 1 aromatic rings. The van der Waals surface area contributed by atoms with Crippen LogP contribution in [0, 0.1) is 5.82 Å². The Hall–Kier alpha value is -2.07. The van der Waals surface area contributed by atoms with Crippen LogP contribution in [0.3, 0.4) is 0 Å². The molecule has 39 heavy (non-hydrogen) atoms. The number of carbonyl (C=O) groups is 2. The lowest BCUT2D eigenvalue weighted by Gasteiger charge is -2.39. The van der Waals surface area contributed by atoms with Crippen molar-refractivity contribution in [2.45, 2.75) is 126 Å². The van der Waals surface area contributed by atoms with Gasteiger partial charge in [-0.25, -0.2) is 9.18 Å². The average Bonchev–Trinajstić information content (AvgIpc) is 2.92. The van der Waals surface area contributed by atoms with Gasteiger partial charge in [-0.1, -0.05) is 75.8 Å².